The lowest BCUT2D eigenvalue weighted by Crippen LogP contribution is -2.18. The van der Waals surface area contributed by atoms with Crippen molar-refractivity contribution in [1.29, 1.82) is 0 Å². The maximum absolute atomic E-state index is 13.9. The fraction of sp³-hybridized carbons (Fsp3) is 0.158. The maximum Gasteiger partial charge on any atom is 0.286 e. The minimum Gasteiger partial charge on any atom is -0.449 e. The molecule has 25 heavy (non-hydrogen) atoms. The molecule has 0 aliphatic heterocycles. The number of carbonyl (C=O) groups is 2. The van der Waals surface area contributed by atoms with Gasteiger partial charge in [0.15, 0.2) is 0 Å². The van der Waals surface area contributed by atoms with Crippen LogP contribution < -0.4 is 11.1 Å². The normalized spacial score (nSPS) is 18.9. The summed E-state index contributed by atoms with van der Waals surface area (Å²) < 4.78 is 19.3. The molecule has 1 aliphatic rings. The maximum atomic E-state index is 13.9. The number of benzene rings is 2. The number of para-hydroxylation sites is 1. The van der Waals surface area contributed by atoms with Gasteiger partial charge >= 0.3 is 0 Å². The zero-order valence-electron chi connectivity index (χ0n) is 13.2. The van der Waals surface area contributed by atoms with Crippen LogP contribution in [0.25, 0.3) is 11.0 Å². The van der Waals surface area contributed by atoms with Gasteiger partial charge in [0, 0.05) is 11.3 Å². The van der Waals surface area contributed by atoms with Crippen molar-refractivity contribution in [3.8, 4) is 0 Å². The van der Waals surface area contributed by atoms with Gasteiger partial charge in [0.05, 0.1) is 0 Å². The van der Waals surface area contributed by atoms with Crippen LogP contribution in [0.2, 0.25) is 0 Å². The van der Waals surface area contributed by atoms with Gasteiger partial charge < -0.3 is 15.5 Å². The number of hydrogen-bond donors (Lipinski definition) is 2. The van der Waals surface area contributed by atoms with E-state index >= 15 is 0 Å². The fourth-order valence-corrected chi connectivity index (χ4v) is 3.16. The van der Waals surface area contributed by atoms with E-state index in [0.717, 1.165) is 0 Å². The Morgan fingerprint density at radius 3 is 2.60 bits per heavy atom. The molecule has 2 aromatic carbocycles. The predicted octanol–water partition coefficient (Wildman–Crippen LogP) is 3.41. The summed E-state index contributed by atoms with van der Waals surface area (Å²) >= 11 is 0. The van der Waals surface area contributed by atoms with Crippen molar-refractivity contribution >= 4 is 28.5 Å². The molecule has 3 N–H and O–H groups in total. The molecule has 126 valence electrons. The minimum absolute atomic E-state index is 0.0855. The van der Waals surface area contributed by atoms with Gasteiger partial charge in [0.25, 0.3) is 5.91 Å². The zero-order valence-corrected chi connectivity index (χ0v) is 13.2. The minimum atomic E-state index is -0.757. The molecule has 0 saturated heterocycles. The SMILES string of the molecule is NC(=O)c1oc2ccccc2c1NC(=O)[C@H]1C[C@H]1c1ccccc1F. The standard InChI is InChI=1S/C19H15FN2O3/c20-14-7-3-1-5-10(14)12-9-13(12)19(24)22-16-11-6-2-4-8-15(11)25-17(16)18(21)23/h1-8,12-13H,9H2,(H2,21,23)(H,22,24)/t12-,13-/m0/s1. The van der Waals surface area contributed by atoms with Gasteiger partial charge in [-0.15, -0.1) is 0 Å². The Morgan fingerprint density at radius 2 is 1.84 bits per heavy atom. The molecular weight excluding hydrogens is 323 g/mol. The van der Waals surface area contributed by atoms with E-state index < -0.39 is 5.91 Å². The fourth-order valence-electron chi connectivity index (χ4n) is 3.16. The Morgan fingerprint density at radius 1 is 1.12 bits per heavy atom. The van der Waals surface area contributed by atoms with Crippen LogP contribution in [0.3, 0.4) is 0 Å². The summed E-state index contributed by atoms with van der Waals surface area (Å²) in [5, 5.41) is 3.34. The number of halogens is 1. The van der Waals surface area contributed by atoms with Crippen LogP contribution in [0.4, 0.5) is 10.1 Å². The van der Waals surface area contributed by atoms with Crippen molar-refractivity contribution < 1.29 is 18.4 Å². The number of amides is 2. The second-order valence-corrected chi connectivity index (χ2v) is 6.13. The van der Waals surface area contributed by atoms with Gasteiger partial charge in [-0.05, 0) is 36.1 Å². The van der Waals surface area contributed by atoms with Gasteiger partial charge in [-0.25, -0.2) is 4.39 Å². The van der Waals surface area contributed by atoms with E-state index in [1.165, 1.54) is 6.07 Å². The molecule has 1 heterocycles. The van der Waals surface area contributed by atoms with Crippen molar-refractivity contribution in [1.82, 2.24) is 0 Å². The largest absolute Gasteiger partial charge is 0.449 e. The topological polar surface area (TPSA) is 85.3 Å². The van der Waals surface area contributed by atoms with E-state index in [1.807, 2.05) is 0 Å². The first-order valence-electron chi connectivity index (χ1n) is 7.93. The smallest absolute Gasteiger partial charge is 0.286 e. The second-order valence-electron chi connectivity index (χ2n) is 6.13. The van der Waals surface area contributed by atoms with Gasteiger partial charge in [-0.2, -0.15) is 0 Å². The zero-order chi connectivity index (χ0) is 17.6. The van der Waals surface area contributed by atoms with Gasteiger partial charge in [-0.1, -0.05) is 30.3 Å². The van der Waals surface area contributed by atoms with Crippen LogP contribution >= 0.6 is 0 Å². The van der Waals surface area contributed by atoms with Gasteiger partial charge in [-0.3, -0.25) is 9.59 Å². The number of hydrogen-bond acceptors (Lipinski definition) is 3. The number of furan rings is 1. The number of anilines is 1. The van der Waals surface area contributed by atoms with Gasteiger partial charge in [0.2, 0.25) is 11.7 Å². The number of fused-ring (bicyclic) bond motifs is 1. The predicted molar refractivity (Wildman–Crippen MR) is 90.6 cm³/mol. The summed E-state index contributed by atoms with van der Waals surface area (Å²) in [4.78, 5) is 24.2. The molecule has 4 rings (SSSR count). The Bertz CT molecular complexity index is 995. The molecule has 5 nitrogen and oxygen atoms in total. The van der Waals surface area contributed by atoms with Crippen molar-refractivity contribution in [2.75, 3.05) is 5.32 Å². The van der Waals surface area contributed by atoms with Crippen LogP contribution in [-0.4, -0.2) is 11.8 Å². The highest BCUT2D eigenvalue weighted by atomic mass is 19.1. The first kappa shape index (κ1) is 15.4. The summed E-state index contributed by atoms with van der Waals surface area (Å²) in [5.41, 5.74) is 6.62. The quantitative estimate of drug-likeness (QED) is 0.764. The summed E-state index contributed by atoms with van der Waals surface area (Å²) in [6.07, 6.45) is 0.564. The number of rotatable bonds is 4. The third-order valence-electron chi connectivity index (χ3n) is 4.50. The van der Waals surface area contributed by atoms with E-state index in [2.05, 4.69) is 5.32 Å². The first-order valence-corrected chi connectivity index (χ1v) is 7.93. The summed E-state index contributed by atoms with van der Waals surface area (Å²) in [5.74, 6) is -1.93. The summed E-state index contributed by atoms with van der Waals surface area (Å²) in [6.45, 7) is 0. The highest BCUT2D eigenvalue weighted by Crippen LogP contribution is 2.49. The Kier molecular flexibility index (Phi) is 3.53. The number of nitrogens with one attached hydrogen (secondary N) is 1. The van der Waals surface area contributed by atoms with E-state index in [-0.39, 0.29) is 35.0 Å². The number of carbonyl (C=O) groups excluding carboxylic acids is 2. The molecule has 2 amide bonds. The third-order valence-corrected chi connectivity index (χ3v) is 4.50. The molecule has 3 aromatic rings. The molecule has 1 fully saturated rings. The molecule has 0 spiro atoms. The average Bonchev–Trinajstić information content (AvgIpc) is 3.31. The van der Waals surface area contributed by atoms with E-state index in [9.17, 15) is 14.0 Å². The van der Waals surface area contributed by atoms with Crippen molar-refractivity contribution in [2.24, 2.45) is 11.7 Å². The highest BCUT2D eigenvalue weighted by Gasteiger charge is 2.45. The van der Waals surface area contributed by atoms with Crippen molar-refractivity contribution in [3.63, 3.8) is 0 Å². The Balaban J connectivity index is 1.60. The van der Waals surface area contributed by atoms with Gasteiger partial charge in [0.1, 0.15) is 17.1 Å². The molecule has 6 heteroatoms. The van der Waals surface area contributed by atoms with Crippen LogP contribution in [0.1, 0.15) is 28.5 Å². The molecule has 1 aliphatic carbocycles. The molecule has 0 bridgehead atoms. The Hall–Kier alpha value is -3.15. The highest BCUT2D eigenvalue weighted by molar-refractivity contribution is 6.11. The van der Waals surface area contributed by atoms with E-state index in [0.29, 0.717) is 23.0 Å². The molecule has 1 saturated carbocycles. The number of nitrogens with two attached hydrogens (primary N) is 1. The molecule has 2 atom stereocenters. The van der Waals surface area contributed by atoms with Crippen LogP contribution in [0.15, 0.2) is 52.9 Å². The van der Waals surface area contributed by atoms with Crippen molar-refractivity contribution in [3.05, 3.63) is 65.7 Å². The van der Waals surface area contributed by atoms with Crippen LogP contribution in [0, 0.1) is 11.7 Å². The lowest BCUT2D eigenvalue weighted by atomic mass is 10.1. The monoisotopic (exact) mass is 338 g/mol. The Labute approximate surface area is 142 Å². The van der Waals surface area contributed by atoms with E-state index in [1.54, 1.807) is 42.5 Å². The molecule has 1 aromatic heterocycles. The van der Waals surface area contributed by atoms with Crippen LogP contribution in [-0.2, 0) is 4.79 Å². The first-order chi connectivity index (χ1) is 12.1. The summed E-state index contributed by atoms with van der Waals surface area (Å²) in [6, 6.07) is 13.4. The lowest BCUT2D eigenvalue weighted by Gasteiger charge is -2.05. The van der Waals surface area contributed by atoms with Crippen molar-refractivity contribution in [2.45, 2.75) is 12.3 Å². The lowest BCUT2D eigenvalue weighted by molar-refractivity contribution is -0.117. The number of primary amides is 1. The van der Waals surface area contributed by atoms with Crippen LogP contribution in [0.5, 0.6) is 0 Å². The summed E-state index contributed by atoms with van der Waals surface area (Å²) in [7, 11) is 0. The van der Waals surface area contributed by atoms with E-state index in [4.69, 9.17) is 10.2 Å². The molecule has 0 unspecified atom stereocenters. The molecule has 0 radical (unpaired) electrons. The molecular formula is C19H15FN2O3. The average molecular weight is 338 g/mol. The second kappa shape index (κ2) is 5.73. The third kappa shape index (κ3) is 2.65.